The lowest BCUT2D eigenvalue weighted by Crippen LogP contribution is -2.48. The Morgan fingerprint density at radius 2 is 2.17 bits per heavy atom. The van der Waals surface area contributed by atoms with E-state index in [-0.39, 0.29) is 18.8 Å². The summed E-state index contributed by atoms with van der Waals surface area (Å²) in [6.07, 6.45) is 2.36. The first-order valence-electron chi connectivity index (χ1n) is 3.78. The summed E-state index contributed by atoms with van der Waals surface area (Å²) < 4.78 is 27.0. The number of hydrogen-bond donors (Lipinski definition) is 1. The predicted molar refractivity (Wildman–Crippen MR) is 37.2 cm³/mol. The molecule has 2 rings (SSSR count). The van der Waals surface area contributed by atoms with Crippen LogP contribution < -0.4 is 0 Å². The van der Waals surface area contributed by atoms with E-state index < -0.39 is 17.3 Å². The van der Waals surface area contributed by atoms with Crippen LogP contribution in [-0.2, 0) is 4.79 Å². The fourth-order valence-electron chi connectivity index (χ4n) is 2.04. The number of allylic oxidation sites excluding steroid dienone is 2. The number of rotatable bonds is 1. The Balaban J connectivity index is 2.43. The summed E-state index contributed by atoms with van der Waals surface area (Å²) >= 11 is 0. The van der Waals surface area contributed by atoms with Gasteiger partial charge in [-0.25, -0.2) is 13.6 Å². The molecule has 2 bridgehead atoms. The Kier molecular flexibility index (Phi) is 1.20. The second kappa shape index (κ2) is 1.87. The highest BCUT2D eigenvalue weighted by atomic mass is 19.2. The van der Waals surface area contributed by atoms with E-state index in [1.807, 2.05) is 0 Å². The number of carboxylic acids is 1. The number of carbonyl (C=O) groups is 1. The summed E-state index contributed by atoms with van der Waals surface area (Å²) in [4.78, 5) is 10.5. The molecule has 66 valence electrons. The van der Waals surface area contributed by atoms with E-state index >= 15 is 0 Å². The van der Waals surface area contributed by atoms with E-state index in [4.69, 9.17) is 5.11 Å². The lowest BCUT2D eigenvalue weighted by atomic mass is 9.88. The molecule has 0 radical (unpaired) electrons. The van der Waals surface area contributed by atoms with Gasteiger partial charge in [-0.1, -0.05) is 6.08 Å². The molecule has 0 aliphatic heterocycles. The minimum absolute atomic E-state index is 0.0181. The normalized spacial score (nSPS) is 50.0. The SMILES string of the molecule is O=C(O)C1(F)CC2C=CC1(F)C2. The molecule has 0 aromatic carbocycles. The molecule has 0 aromatic heterocycles. The van der Waals surface area contributed by atoms with E-state index in [0.717, 1.165) is 6.08 Å². The third kappa shape index (κ3) is 0.653. The van der Waals surface area contributed by atoms with Crippen molar-refractivity contribution in [3.63, 3.8) is 0 Å². The Bertz CT molecular complexity index is 276. The molecule has 4 heteroatoms. The summed E-state index contributed by atoms with van der Waals surface area (Å²) in [6.45, 7) is 0. The van der Waals surface area contributed by atoms with Crippen LogP contribution in [0.15, 0.2) is 12.2 Å². The molecular formula is C8H8F2O2. The molecule has 1 N–H and O–H groups in total. The zero-order chi connectivity index (χ0) is 8.98. The minimum Gasteiger partial charge on any atom is -0.479 e. The van der Waals surface area contributed by atoms with E-state index in [1.165, 1.54) is 0 Å². The average molecular weight is 174 g/mol. The molecule has 0 amide bonds. The molecule has 3 unspecified atom stereocenters. The van der Waals surface area contributed by atoms with E-state index in [2.05, 4.69) is 0 Å². The van der Waals surface area contributed by atoms with Crippen molar-refractivity contribution in [2.75, 3.05) is 0 Å². The quantitative estimate of drug-likeness (QED) is 0.611. The highest BCUT2D eigenvalue weighted by Crippen LogP contribution is 2.54. The summed E-state index contributed by atoms with van der Waals surface area (Å²) in [5.41, 5.74) is -4.95. The highest BCUT2D eigenvalue weighted by molar-refractivity contribution is 5.81. The summed E-state index contributed by atoms with van der Waals surface area (Å²) in [5.74, 6) is -1.92. The molecule has 2 nitrogen and oxygen atoms in total. The van der Waals surface area contributed by atoms with E-state index in [9.17, 15) is 13.6 Å². The predicted octanol–water partition coefficient (Wildman–Crippen LogP) is 1.47. The first-order chi connectivity index (χ1) is 5.48. The van der Waals surface area contributed by atoms with Crippen molar-refractivity contribution in [3.8, 4) is 0 Å². The van der Waals surface area contributed by atoms with Gasteiger partial charge in [-0.15, -0.1) is 0 Å². The fraction of sp³-hybridized carbons (Fsp3) is 0.625. The maximum absolute atomic E-state index is 13.5. The third-order valence-electron chi connectivity index (χ3n) is 2.73. The van der Waals surface area contributed by atoms with Gasteiger partial charge in [0.15, 0.2) is 5.67 Å². The third-order valence-corrected chi connectivity index (χ3v) is 2.73. The van der Waals surface area contributed by atoms with Gasteiger partial charge in [0, 0.05) is 6.42 Å². The molecule has 1 saturated carbocycles. The van der Waals surface area contributed by atoms with Gasteiger partial charge in [-0.2, -0.15) is 0 Å². The van der Waals surface area contributed by atoms with Crippen molar-refractivity contribution in [3.05, 3.63) is 12.2 Å². The summed E-state index contributed by atoms with van der Waals surface area (Å²) in [6, 6.07) is 0. The van der Waals surface area contributed by atoms with Crippen LogP contribution in [0.1, 0.15) is 12.8 Å². The first kappa shape index (κ1) is 7.71. The van der Waals surface area contributed by atoms with Crippen LogP contribution in [0.25, 0.3) is 0 Å². The topological polar surface area (TPSA) is 37.3 Å². The molecule has 0 spiro atoms. The second-order valence-electron chi connectivity index (χ2n) is 3.50. The van der Waals surface area contributed by atoms with Crippen LogP contribution in [-0.4, -0.2) is 22.4 Å². The van der Waals surface area contributed by atoms with E-state index in [0.29, 0.717) is 0 Å². The lowest BCUT2D eigenvalue weighted by molar-refractivity contribution is -0.158. The van der Waals surface area contributed by atoms with Crippen molar-refractivity contribution >= 4 is 5.97 Å². The van der Waals surface area contributed by atoms with Crippen molar-refractivity contribution in [1.29, 1.82) is 0 Å². The number of alkyl halides is 2. The molecular weight excluding hydrogens is 166 g/mol. The van der Waals surface area contributed by atoms with Crippen molar-refractivity contribution in [2.45, 2.75) is 24.2 Å². The van der Waals surface area contributed by atoms with Crippen LogP contribution >= 0.6 is 0 Å². The zero-order valence-electron chi connectivity index (χ0n) is 6.26. The molecule has 12 heavy (non-hydrogen) atoms. The first-order valence-corrected chi connectivity index (χ1v) is 3.78. The van der Waals surface area contributed by atoms with Crippen molar-refractivity contribution in [1.82, 2.24) is 0 Å². The van der Waals surface area contributed by atoms with Gasteiger partial charge in [0.05, 0.1) is 0 Å². The number of carboxylic acid groups (broad SMARTS) is 1. The molecule has 2 aliphatic rings. The number of halogens is 2. The van der Waals surface area contributed by atoms with Gasteiger partial charge in [-0.3, -0.25) is 0 Å². The highest BCUT2D eigenvalue weighted by Gasteiger charge is 2.66. The minimum atomic E-state index is -2.69. The Labute approximate surface area is 67.9 Å². The molecule has 2 aliphatic carbocycles. The van der Waals surface area contributed by atoms with Crippen LogP contribution in [0, 0.1) is 5.92 Å². The van der Waals surface area contributed by atoms with Gasteiger partial charge in [0.2, 0.25) is 5.67 Å². The number of aliphatic carboxylic acids is 1. The van der Waals surface area contributed by atoms with Crippen molar-refractivity contribution < 1.29 is 18.7 Å². The van der Waals surface area contributed by atoms with E-state index in [1.54, 1.807) is 6.08 Å². The van der Waals surface area contributed by atoms with Gasteiger partial charge in [-0.05, 0) is 18.4 Å². The second-order valence-corrected chi connectivity index (χ2v) is 3.50. The summed E-state index contributed by atoms with van der Waals surface area (Å²) in [5, 5.41) is 8.51. The van der Waals surface area contributed by atoms with Crippen molar-refractivity contribution in [2.24, 2.45) is 5.92 Å². The van der Waals surface area contributed by atoms with Gasteiger partial charge in [0.1, 0.15) is 0 Å². The van der Waals surface area contributed by atoms with Gasteiger partial charge < -0.3 is 5.11 Å². The van der Waals surface area contributed by atoms with Crippen LogP contribution in [0.4, 0.5) is 8.78 Å². The zero-order valence-corrected chi connectivity index (χ0v) is 6.26. The monoisotopic (exact) mass is 174 g/mol. The maximum atomic E-state index is 13.5. The Hall–Kier alpha value is -0.930. The Morgan fingerprint density at radius 3 is 2.42 bits per heavy atom. The van der Waals surface area contributed by atoms with Crippen LogP contribution in [0.2, 0.25) is 0 Å². The molecule has 3 atom stereocenters. The smallest absolute Gasteiger partial charge is 0.345 e. The molecule has 0 saturated heterocycles. The van der Waals surface area contributed by atoms with Crippen LogP contribution in [0.3, 0.4) is 0 Å². The summed E-state index contributed by atoms with van der Waals surface area (Å²) in [7, 11) is 0. The van der Waals surface area contributed by atoms with Gasteiger partial charge >= 0.3 is 5.97 Å². The van der Waals surface area contributed by atoms with Gasteiger partial charge in [0.25, 0.3) is 0 Å². The standard InChI is InChI=1S/C8H8F2O2/c9-7-2-1-5(3-7)4-8(7,10)6(11)12/h1-2,5H,3-4H2,(H,11,12). The molecule has 1 fully saturated rings. The molecule has 0 aromatic rings. The lowest BCUT2D eigenvalue weighted by Gasteiger charge is -2.27. The number of fused-ring (bicyclic) bond motifs is 2. The largest absolute Gasteiger partial charge is 0.479 e. The van der Waals surface area contributed by atoms with Crippen LogP contribution in [0.5, 0.6) is 0 Å². The maximum Gasteiger partial charge on any atom is 0.345 e. The average Bonchev–Trinajstić information content (AvgIpc) is 2.42. The molecule has 0 heterocycles. The number of hydrogen-bond acceptors (Lipinski definition) is 1. The Morgan fingerprint density at radius 1 is 1.50 bits per heavy atom. The fourth-order valence-corrected chi connectivity index (χ4v) is 2.04.